The Balaban J connectivity index is 1.91. The number of amides is 1. The van der Waals surface area contributed by atoms with E-state index in [1.807, 2.05) is 29.1 Å². The van der Waals surface area contributed by atoms with E-state index in [4.69, 9.17) is 4.74 Å². The van der Waals surface area contributed by atoms with Gasteiger partial charge in [0.2, 0.25) is 0 Å². The number of aliphatic hydroxyl groups is 1. The van der Waals surface area contributed by atoms with Crippen LogP contribution < -0.4 is 5.32 Å². The van der Waals surface area contributed by atoms with Crippen LogP contribution in [-0.4, -0.2) is 47.4 Å². The molecule has 0 radical (unpaired) electrons. The summed E-state index contributed by atoms with van der Waals surface area (Å²) < 4.78 is 7.98. The molecule has 0 aliphatic heterocycles. The topological polar surface area (TPSA) is 76.4 Å². The molecule has 2 N–H and O–H groups in total. The van der Waals surface area contributed by atoms with Crippen LogP contribution in [0, 0.1) is 0 Å². The highest BCUT2D eigenvalue weighted by Crippen LogP contribution is 2.31. The third-order valence-electron chi connectivity index (χ3n) is 4.76. The Morgan fingerprint density at radius 3 is 2.73 bits per heavy atom. The fraction of sp³-hybridized carbons (Fsp3) is 0.455. The number of rotatable bonds is 9. The van der Waals surface area contributed by atoms with Crippen LogP contribution >= 0.6 is 11.3 Å². The molecule has 0 saturated heterocycles. The summed E-state index contributed by atoms with van der Waals surface area (Å²) in [6.07, 6.45) is 3.77. The van der Waals surface area contributed by atoms with Gasteiger partial charge in [0.25, 0.3) is 5.91 Å². The van der Waals surface area contributed by atoms with Crippen LogP contribution in [0.3, 0.4) is 0 Å². The highest BCUT2D eigenvalue weighted by atomic mass is 32.1. The van der Waals surface area contributed by atoms with Crippen LogP contribution in [0.25, 0.3) is 21.3 Å². The van der Waals surface area contributed by atoms with Crippen LogP contribution in [0.1, 0.15) is 24.2 Å². The summed E-state index contributed by atoms with van der Waals surface area (Å²) in [5, 5.41) is 13.7. The first-order chi connectivity index (χ1) is 14.0. The van der Waals surface area contributed by atoms with E-state index in [1.165, 1.54) is 11.3 Å². The lowest BCUT2D eigenvalue weighted by atomic mass is 10.0. The maximum absolute atomic E-state index is 12.9. The molecule has 30 heavy (non-hydrogen) atoms. The van der Waals surface area contributed by atoms with Crippen molar-refractivity contribution >= 4 is 36.2 Å². The summed E-state index contributed by atoms with van der Waals surface area (Å²) in [4.78, 5) is 18.1. The van der Waals surface area contributed by atoms with E-state index >= 15 is 0 Å². The lowest BCUT2D eigenvalue weighted by Gasteiger charge is -2.18. The number of hydrogen-bond acceptors (Lipinski definition) is 5. The summed E-state index contributed by atoms with van der Waals surface area (Å²) in [5.41, 5.74) is 3.29. The smallest absolute Gasteiger partial charge is 0.252 e. The summed E-state index contributed by atoms with van der Waals surface area (Å²) in [5.74, 6) is -0.203. The van der Waals surface area contributed by atoms with Crippen molar-refractivity contribution in [2.45, 2.75) is 51.9 Å². The molecule has 1 aromatic carbocycles. The average molecular weight is 446 g/mol. The van der Waals surface area contributed by atoms with Gasteiger partial charge in [-0.15, -0.1) is 11.3 Å². The molecule has 0 aliphatic rings. The fourth-order valence-electron chi connectivity index (χ4n) is 3.03. The Bertz CT molecular complexity index is 1000. The number of aromatic nitrogens is 2. The minimum absolute atomic E-state index is 0.179. The number of hydrogen-bond donors (Lipinski definition) is 2. The molecule has 6 nitrogen and oxygen atoms in total. The molecule has 2 heterocycles. The quantitative estimate of drug-likeness (QED) is 0.373. The Morgan fingerprint density at radius 1 is 1.33 bits per heavy atom. The van der Waals surface area contributed by atoms with Gasteiger partial charge in [0.1, 0.15) is 6.73 Å². The highest BCUT2D eigenvalue weighted by molar-refractivity contribution is 7.13. The zero-order valence-corrected chi connectivity index (χ0v) is 20.2. The molecule has 1 amide bonds. The van der Waals surface area contributed by atoms with Gasteiger partial charge in [-0.25, -0.2) is 0 Å². The van der Waals surface area contributed by atoms with E-state index in [1.54, 1.807) is 19.4 Å². The average Bonchev–Trinajstić information content (AvgIpc) is 3.31. The van der Waals surface area contributed by atoms with Gasteiger partial charge in [0.15, 0.2) is 0 Å². The normalized spacial score (nSPS) is 12.5. The van der Waals surface area contributed by atoms with E-state index in [9.17, 15) is 9.90 Å². The van der Waals surface area contributed by atoms with Crippen LogP contribution in [0.2, 0.25) is 25.7 Å². The van der Waals surface area contributed by atoms with Crippen molar-refractivity contribution in [2.75, 3.05) is 13.2 Å². The Morgan fingerprint density at radius 2 is 2.10 bits per heavy atom. The van der Waals surface area contributed by atoms with Gasteiger partial charge in [0, 0.05) is 44.6 Å². The van der Waals surface area contributed by atoms with E-state index in [2.05, 4.69) is 36.0 Å². The molecule has 0 saturated carbocycles. The largest absolute Gasteiger partial charge is 0.389 e. The monoisotopic (exact) mass is 445 g/mol. The predicted octanol–water partition coefficient (Wildman–Crippen LogP) is 4.58. The third-order valence-corrected chi connectivity index (χ3v) is 7.28. The molecule has 0 bridgehead atoms. The molecule has 3 aromatic rings. The lowest BCUT2D eigenvalue weighted by molar-refractivity contribution is 0.0695. The van der Waals surface area contributed by atoms with Gasteiger partial charge in [-0.2, -0.15) is 0 Å². The van der Waals surface area contributed by atoms with E-state index in [0.717, 1.165) is 34.0 Å². The zero-order valence-electron chi connectivity index (χ0n) is 18.4. The SMILES string of the molecule is CC(C)(O)CNC(=O)c1cc(-c2cncs2)cc2c1ccn2COCC[Si](C)(C)C. The first-order valence-corrected chi connectivity index (χ1v) is 14.7. The number of benzene rings is 1. The number of nitrogens with zero attached hydrogens (tertiary/aromatic N) is 2. The fourth-order valence-corrected chi connectivity index (χ4v) is 4.40. The van der Waals surface area contributed by atoms with Crippen molar-refractivity contribution in [2.24, 2.45) is 0 Å². The van der Waals surface area contributed by atoms with E-state index in [-0.39, 0.29) is 12.5 Å². The van der Waals surface area contributed by atoms with Crippen molar-refractivity contribution in [3.63, 3.8) is 0 Å². The van der Waals surface area contributed by atoms with Gasteiger partial charge < -0.3 is 19.7 Å². The number of carbonyl (C=O) groups is 1. The predicted molar refractivity (Wildman–Crippen MR) is 126 cm³/mol. The second-order valence-electron chi connectivity index (χ2n) is 9.45. The third kappa shape index (κ3) is 6.01. The summed E-state index contributed by atoms with van der Waals surface area (Å²) >= 11 is 1.54. The van der Waals surface area contributed by atoms with Crippen LogP contribution in [0.4, 0.5) is 0 Å². The van der Waals surface area contributed by atoms with Crippen LogP contribution in [-0.2, 0) is 11.5 Å². The summed E-state index contributed by atoms with van der Waals surface area (Å²) in [7, 11) is -1.14. The van der Waals surface area contributed by atoms with Gasteiger partial charge in [-0.1, -0.05) is 19.6 Å². The molecule has 0 atom stereocenters. The molecule has 0 unspecified atom stereocenters. The highest BCUT2D eigenvalue weighted by Gasteiger charge is 2.19. The molecule has 0 aliphatic carbocycles. The van der Waals surface area contributed by atoms with Crippen molar-refractivity contribution in [3.05, 3.63) is 41.7 Å². The Hall–Kier alpha value is -2.00. The second-order valence-corrected chi connectivity index (χ2v) is 16.0. The molecule has 162 valence electrons. The van der Waals surface area contributed by atoms with Gasteiger partial charge in [0.05, 0.1) is 21.5 Å². The standard InChI is InChI=1S/C22H31N3O3SSi/c1-22(2,27)13-24-21(26)18-10-16(20-12-23-14-29-20)11-19-17(18)6-7-25(19)15-28-8-9-30(3,4)5/h6-7,10-12,14,27H,8-9,13,15H2,1-5H3,(H,24,26). The first kappa shape index (κ1) is 22.7. The van der Waals surface area contributed by atoms with Crippen molar-refractivity contribution in [3.8, 4) is 10.4 Å². The molecule has 8 heteroatoms. The summed E-state index contributed by atoms with van der Waals surface area (Å²) in [6.45, 7) is 11.7. The molecular formula is C22H31N3O3SSi. The maximum Gasteiger partial charge on any atom is 0.252 e. The van der Waals surface area contributed by atoms with Crippen LogP contribution in [0.15, 0.2) is 36.1 Å². The van der Waals surface area contributed by atoms with Gasteiger partial charge in [-0.05, 0) is 43.7 Å². The van der Waals surface area contributed by atoms with Gasteiger partial charge >= 0.3 is 0 Å². The number of ether oxygens (including phenoxy) is 1. The van der Waals surface area contributed by atoms with E-state index < -0.39 is 13.7 Å². The minimum Gasteiger partial charge on any atom is -0.389 e. The van der Waals surface area contributed by atoms with E-state index in [0.29, 0.717) is 12.3 Å². The van der Waals surface area contributed by atoms with Crippen molar-refractivity contribution < 1.29 is 14.6 Å². The Kier molecular flexibility index (Phi) is 6.81. The number of carbonyl (C=O) groups excluding carboxylic acids is 1. The maximum atomic E-state index is 12.9. The number of thiazole rings is 1. The van der Waals surface area contributed by atoms with Crippen molar-refractivity contribution in [1.29, 1.82) is 0 Å². The Labute approximate surface area is 182 Å². The molecule has 0 fully saturated rings. The molecule has 3 rings (SSSR count). The lowest BCUT2D eigenvalue weighted by Crippen LogP contribution is -2.38. The van der Waals surface area contributed by atoms with Crippen LogP contribution in [0.5, 0.6) is 0 Å². The molecular weight excluding hydrogens is 414 g/mol. The molecule has 0 spiro atoms. The van der Waals surface area contributed by atoms with Gasteiger partial charge in [-0.3, -0.25) is 9.78 Å². The number of nitrogens with one attached hydrogen (secondary N) is 1. The number of fused-ring (bicyclic) bond motifs is 1. The summed E-state index contributed by atoms with van der Waals surface area (Å²) in [6, 6.07) is 7.04. The minimum atomic E-state index is -1.14. The molecule has 2 aromatic heterocycles. The first-order valence-electron chi connectivity index (χ1n) is 10.1. The second kappa shape index (κ2) is 9.01. The van der Waals surface area contributed by atoms with Crippen molar-refractivity contribution in [1.82, 2.24) is 14.9 Å². The zero-order chi connectivity index (χ0) is 21.9.